The van der Waals surface area contributed by atoms with Gasteiger partial charge >= 0.3 is 0 Å². The first-order chi connectivity index (χ1) is 13.7. The average Bonchev–Trinajstić information content (AvgIpc) is 2.76. The summed E-state index contributed by atoms with van der Waals surface area (Å²) in [5.41, 5.74) is 2.15. The van der Waals surface area contributed by atoms with Crippen LogP contribution in [0.2, 0.25) is 0 Å². The van der Waals surface area contributed by atoms with Crippen LogP contribution < -0.4 is 10.9 Å². The van der Waals surface area contributed by atoms with Gasteiger partial charge in [0, 0.05) is 25.0 Å². The summed E-state index contributed by atoms with van der Waals surface area (Å²) in [6.07, 6.45) is 2.63. The second-order valence-corrected chi connectivity index (χ2v) is 7.10. The van der Waals surface area contributed by atoms with Crippen LogP contribution in [0.4, 0.5) is 0 Å². The van der Waals surface area contributed by atoms with Gasteiger partial charge in [-0.05, 0) is 23.6 Å². The predicted octanol–water partition coefficient (Wildman–Crippen LogP) is 2.13. The number of carbonyl (C=O) groups is 1. The fourth-order valence-corrected chi connectivity index (χ4v) is 3.74. The number of rotatable bonds is 4. The van der Waals surface area contributed by atoms with Gasteiger partial charge in [0.2, 0.25) is 5.91 Å². The lowest BCUT2D eigenvalue weighted by Gasteiger charge is -2.36. The molecule has 3 aromatic rings. The topological polar surface area (TPSA) is 67.2 Å². The minimum atomic E-state index is -0.231. The van der Waals surface area contributed by atoms with Gasteiger partial charge in [0.1, 0.15) is 6.54 Å². The first kappa shape index (κ1) is 18.4. The minimum absolute atomic E-state index is 0.0386. The van der Waals surface area contributed by atoms with Crippen LogP contribution in [-0.4, -0.2) is 40.2 Å². The molecule has 144 valence electrons. The van der Waals surface area contributed by atoms with Gasteiger partial charge < -0.3 is 10.2 Å². The lowest BCUT2D eigenvalue weighted by atomic mass is 10.0. The summed E-state index contributed by atoms with van der Waals surface area (Å²) in [6, 6.07) is 15.7. The smallest absolute Gasteiger partial charge is 0.275 e. The second-order valence-electron chi connectivity index (χ2n) is 7.10. The van der Waals surface area contributed by atoms with Crippen molar-refractivity contribution in [2.24, 2.45) is 0 Å². The van der Waals surface area contributed by atoms with Crippen molar-refractivity contribution in [3.8, 4) is 0 Å². The normalized spacial score (nSPS) is 17.0. The molecule has 0 radical (unpaired) electrons. The Hall–Kier alpha value is -2.99. The van der Waals surface area contributed by atoms with E-state index in [1.807, 2.05) is 23.1 Å². The van der Waals surface area contributed by atoms with E-state index in [9.17, 15) is 9.59 Å². The molecule has 2 heterocycles. The van der Waals surface area contributed by atoms with Crippen molar-refractivity contribution < 1.29 is 4.79 Å². The Bertz CT molecular complexity index is 1040. The SMILES string of the molecule is CCc1ccc(C2CNCCN2C(=O)Cn2ncc3ccccc3c2=O)cc1. The fourth-order valence-electron chi connectivity index (χ4n) is 3.74. The highest BCUT2D eigenvalue weighted by Crippen LogP contribution is 2.23. The average molecular weight is 376 g/mol. The lowest BCUT2D eigenvalue weighted by molar-refractivity contribution is -0.135. The minimum Gasteiger partial charge on any atom is -0.331 e. The molecule has 0 aliphatic carbocycles. The molecule has 4 rings (SSSR count). The maximum absolute atomic E-state index is 13.1. The molecule has 0 spiro atoms. The van der Waals surface area contributed by atoms with Crippen molar-refractivity contribution in [2.45, 2.75) is 25.9 Å². The van der Waals surface area contributed by atoms with Crippen LogP contribution in [-0.2, 0) is 17.8 Å². The van der Waals surface area contributed by atoms with E-state index in [1.54, 1.807) is 12.3 Å². The largest absolute Gasteiger partial charge is 0.331 e. The molecule has 0 saturated carbocycles. The summed E-state index contributed by atoms with van der Waals surface area (Å²) in [6.45, 7) is 4.14. The Labute approximate surface area is 163 Å². The van der Waals surface area contributed by atoms with Crippen LogP contribution >= 0.6 is 0 Å². The zero-order valence-corrected chi connectivity index (χ0v) is 16.0. The van der Waals surface area contributed by atoms with Gasteiger partial charge in [-0.1, -0.05) is 49.4 Å². The standard InChI is InChI=1S/C22H24N4O2/c1-2-16-7-9-17(10-8-16)20-14-23-11-12-25(20)21(27)15-26-22(28)19-6-4-3-5-18(19)13-24-26/h3-10,13,20,23H,2,11-12,14-15H2,1H3. The van der Waals surface area contributed by atoms with E-state index in [4.69, 9.17) is 0 Å². The number of nitrogens with zero attached hydrogens (tertiary/aromatic N) is 3. The number of hydrogen-bond donors (Lipinski definition) is 1. The third kappa shape index (κ3) is 3.55. The molecule has 28 heavy (non-hydrogen) atoms. The molecule has 1 aliphatic heterocycles. The molecule has 1 saturated heterocycles. The van der Waals surface area contributed by atoms with E-state index in [0.717, 1.165) is 23.9 Å². The molecule has 0 bridgehead atoms. The Morgan fingerprint density at radius 3 is 2.75 bits per heavy atom. The van der Waals surface area contributed by atoms with Crippen molar-refractivity contribution in [1.29, 1.82) is 0 Å². The lowest BCUT2D eigenvalue weighted by Crippen LogP contribution is -2.50. The van der Waals surface area contributed by atoms with Gasteiger partial charge in [0.15, 0.2) is 0 Å². The third-order valence-corrected chi connectivity index (χ3v) is 5.38. The molecule has 2 aromatic carbocycles. The third-order valence-electron chi connectivity index (χ3n) is 5.38. The van der Waals surface area contributed by atoms with Crippen molar-refractivity contribution >= 4 is 16.7 Å². The number of piperazine rings is 1. The summed E-state index contributed by atoms with van der Waals surface area (Å²) < 4.78 is 1.27. The molecule has 6 heteroatoms. The van der Waals surface area contributed by atoms with Crippen molar-refractivity contribution in [1.82, 2.24) is 20.0 Å². The summed E-state index contributed by atoms with van der Waals surface area (Å²) in [5.74, 6) is -0.0871. The number of nitrogens with one attached hydrogen (secondary N) is 1. The summed E-state index contributed by atoms with van der Waals surface area (Å²) >= 11 is 0. The van der Waals surface area contributed by atoms with Crippen LogP contribution in [0.25, 0.3) is 10.8 Å². The molecule has 1 atom stereocenters. The van der Waals surface area contributed by atoms with Crippen molar-refractivity contribution in [3.05, 3.63) is 76.2 Å². The van der Waals surface area contributed by atoms with Gasteiger partial charge in [0.05, 0.1) is 17.6 Å². The summed E-state index contributed by atoms with van der Waals surface area (Å²) in [4.78, 5) is 27.6. The first-order valence-corrected chi connectivity index (χ1v) is 9.71. The molecular formula is C22H24N4O2. The second kappa shape index (κ2) is 7.94. The van der Waals surface area contributed by atoms with Gasteiger partial charge in [-0.3, -0.25) is 9.59 Å². The van der Waals surface area contributed by atoms with E-state index in [0.29, 0.717) is 18.5 Å². The number of aryl methyl sites for hydroxylation is 1. The van der Waals surface area contributed by atoms with Gasteiger partial charge in [-0.25, -0.2) is 4.68 Å². The van der Waals surface area contributed by atoms with E-state index < -0.39 is 0 Å². The Kier molecular flexibility index (Phi) is 5.21. The van der Waals surface area contributed by atoms with E-state index >= 15 is 0 Å². The van der Waals surface area contributed by atoms with E-state index in [2.05, 4.69) is 41.6 Å². The summed E-state index contributed by atoms with van der Waals surface area (Å²) in [7, 11) is 0. The molecule has 1 unspecified atom stereocenters. The zero-order chi connectivity index (χ0) is 19.5. The molecular weight excluding hydrogens is 352 g/mol. The van der Waals surface area contributed by atoms with Crippen molar-refractivity contribution in [2.75, 3.05) is 19.6 Å². The molecule has 1 aliphatic rings. The Balaban J connectivity index is 1.58. The van der Waals surface area contributed by atoms with Crippen molar-refractivity contribution in [3.63, 3.8) is 0 Å². The number of aromatic nitrogens is 2. The molecule has 1 aromatic heterocycles. The number of carbonyl (C=O) groups excluding carboxylic acids is 1. The van der Waals surface area contributed by atoms with Gasteiger partial charge in [-0.2, -0.15) is 5.10 Å². The fraction of sp³-hybridized carbons (Fsp3) is 0.318. The van der Waals surface area contributed by atoms with Crippen LogP contribution in [0.15, 0.2) is 59.5 Å². The number of hydrogen-bond acceptors (Lipinski definition) is 4. The molecule has 6 nitrogen and oxygen atoms in total. The van der Waals surface area contributed by atoms with Crippen LogP contribution in [0, 0.1) is 0 Å². The maximum Gasteiger partial charge on any atom is 0.275 e. The van der Waals surface area contributed by atoms with E-state index in [1.165, 1.54) is 10.2 Å². The quantitative estimate of drug-likeness (QED) is 0.758. The van der Waals surface area contributed by atoms with Crippen LogP contribution in [0.3, 0.4) is 0 Å². The highest BCUT2D eigenvalue weighted by atomic mass is 16.2. The molecule has 1 fully saturated rings. The molecule has 1 N–H and O–H groups in total. The Morgan fingerprint density at radius 2 is 1.96 bits per heavy atom. The first-order valence-electron chi connectivity index (χ1n) is 9.71. The van der Waals surface area contributed by atoms with Crippen LogP contribution in [0.1, 0.15) is 24.1 Å². The maximum atomic E-state index is 13.1. The monoisotopic (exact) mass is 376 g/mol. The Morgan fingerprint density at radius 1 is 1.18 bits per heavy atom. The van der Waals surface area contributed by atoms with Gasteiger partial charge in [0.25, 0.3) is 5.56 Å². The highest BCUT2D eigenvalue weighted by molar-refractivity contribution is 5.81. The highest BCUT2D eigenvalue weighted by Gasteiger charge is 2.28. The van der Waals surface area contributed by atoms with E-state index in [-0.39, 0.29) is 24.1 Å². The molecule has 1 amide bonds. The predicted molar refractivity (Wildman–Crippen MR) is 109 cm³/mol. The number of benzene rings is 2. The zero-order valence-electron chi connectivity index (χ0n) is 16.0. The van der Waals surface area contributed by atoms with Gasteiger partial charge in [-0.15, -0.1) is 0 Å². The number of fused-ring (bicyclic) bond motifs is 1. The van der Waals surface area contributed by atoms with Crippen LogP contribution in [0.5, 0.6) is 0 Å². The number of amides is 1. The summed E-state index contributed by atoms with van der Waals surface area (Å²) in [5, 5.41) is 8.94.